The number of nitrogens with two attached hydrogens (primary N) is 2. The number of rotatable bonds is 5. The summed E-state index contributed by atoms with van der Waals surface area (Å²) in [5.41, 5.74) is 10.6. The predicted molar refractivity (Wildman–Crippen MR) is 85.4 cm³/mol. The number of halogens is 3. The minimum Gasteiger partial charge on any atom is -0.370 e. The van der Waals surface area contributed by atoms with Gasteiger partial charge in [0, 0.05) is 45.0 Å². The average Bonchev–Trinajstić information content (AvgIpc) is 2.51. The fourth-order valence-corrected chi connectivity index (χ4v) is 2.61. The van der Waals surface area contributed by atoms with Gasteiger partial charge in [0.15, 0.2) is 5.96 Å². The maximum atomic E-state index is 12.8. The third-order valence-electron chi connectivity index (χ3n) is 3.84. The van der Waals surface area contributed by atoms with Crippen molar-refractivity contribution in [2.24, 2.45) is 16.5 Å². The summed E-state index contributed by atoms with van der Waals surface area (Å²) in [4.78, 5) is 8.19. The molecule has 0 spiro atoms. The van der Waals surface area contributed by atoms with Gasteiger partial charge in [0.25, 0.3) is 0 Å². The van der Waals surface area contributed by atoms with Gasteiger partial charge >= 0.3 is 6.18 Å². The van der Waals surface area contributed by atoms with Crippen molar-refractivity contribution in [3.8, 4) is 0 Å². The Balaban J connectivity index is 1.84. The van der Waals surface area contributed by atoms with E-state index in [0.29, 0.717) is 25.3 Å². The van der Waals surface area contributed by atoms with Crippen LogP contribution in [-0.4, -0.2) is 50.1 Å². The molecule has 0 unspecified atom stereocenters. The Morgan fingerprint density at radius 3 is 2.43 bits per heavy atom. The predicted octanol–water partition coefficient (Wildman–Crippen LogP) is 1.49. The zero-order chi connectivity index (χ0) is 16.9. The second-order valence-electron chi connectivity index (χ2n) is 5.54. The molecule has 0 atom stereocenters. The van der Waals surface area contributed by atoms with Crippen LogP contribution in [0.2, 0.25) is 0 Å². The molecule has 0 bridgehead atoms. The van der Waals surface area contributed by atoms with Gasteiger partial charge in [0.2, 0.25) is 0 Å². The lowest BCUT2D eigenvalue weighted by molar-refractivity contribution is -0.137. The van der Waals surface area contributed by atoms with Crippen molar-refractivity contribution >= 4 is 11.6 Å². The van der Waals surface area contributed by atoms with Crippen molar-refractivity contribution in [3.05, 3.63) is 29.8 Å². The zero-order valence-corrected chi connectivity index (χ0v) is 12.9. The molecule has 1 heterocycles. The summed E-state index contributed by atoms with van der Waals surface area (Å²) in [5, 5.41) is 0. The van der Waals surface area contributed by atoms with Crippen LogP contribution in [0.15, 0.2) is 29.3 Å². The number of aliphatic imine (C=N–C) groups is 1. The number of hydrogen-bond acceptors (Lipinski definition) is 3. The van der Waals surface area contributed by atoms with Crippen LogP contribution in [-0.2, 0) is 6.18 Å². The minimum absolute atomic E-state index is 0.0966. The van der Waals surface area contributed by atoms with Crippen LogP contribution in [0.5, 0.6) is 0 Å². The van der Waals surface area contributed by atoms with Crippen molar-refractivity contribution in [2.45, 2.75) is 12.6 Å². The molecular formula is C15H22F3N5. The maximum absolute atomic E-state index is 12.8. The Labute approximate surface area is 133 Å². The summed E-state index contributed by atoms with van der Waals surface area (Å²) >= 11 is 0. The molecule has 128 valence electrons. The van der Waals surface area contributed by atoms with E-state index in [-0.39, 0.29) is 5.96 Å². The van der Waals surface area contributed by atoms with Crippen molar-refractivity contribution < 1.29 is 13.2 Å². The number of alkyl halides is 3. The molecule has 1 aliphatic rings. The van der Waals surface area contributed by atoms with Crippen LogP contribution in [0.3, 0.4) is 0 Å². The lowest BCUT2D eigenvalue weighted by Crippen LogP contribution is -2.46. The Hall–Kier alpha value is -1.96. The van der Waals surface area contributed by atoms with E-state index < -0.39 is 11.7 Å². The highest BCUT2D eigenvalue weighted by Gasteiger charge is 2.31. The van der Waals surface area contributed by atoms with Gasteiger partial charge in [-0.1, -0.05) is 6.07 Å². The lowest BCUT2D eigenvalue weighted by atomic mass is 10.1. The first-order valence-corrected chi connectivity index (χ1v) is 7.56. The smallest absolute Gasteiger partial charge is 0.370 e. The molecule has 5 nitrogen and oxygen atoms in total. The Bertz CT molecular complexity index is 532. The molecule has 0 saturated carbocycles. The molecule has 0 aromatic heterocycles. The average molecular weight is 329 g/mol. The highest BCUT2D eigenvalue weighted by Crippen LogP contribution is 2.31. The first-order valence-electron chi connectivity index (χ1n) is 7.56. The summed E-state index contributed by atoms with van der Waals surface area (Å²) in [7, 11) is 0. The molecule has 1 aromatic rings. The number of anilines is 1. The summed E-state index contributed by atoms with van der Waals surface area (Å²) < 4.78 is 38.3. The fourth-order valence-electron chi connectivity index (χ4n) is 2.61. The van der Waals surface area contributed by atoms with Gasteiger partial charge < -0.3 is 16.4 Å². The quantitative estimate of drug-likeness (QED) is 0.488. The molecule has 8 heteroatoms. The molecule has 1 saturated heterocycles. The van der Waals surface area contributed by atoms with E-state index in [9.17, 15) is 13.2 Å². The van der Waals surface area contributed by atoms with Crippen LogP contribution >= 0.6 is 0 Å². The van der Waals surface area contributed by atoms with Crippen molar-refractivity contribution in [1.29, 1.82) is 0 Å². The third-order valence-corrected chi connectivity index (χ3v) is 3.84. The summed E-state index contributed by atoms with van der Waals surface area (Å²) in [6.07, 6.45) is -3.44. The van der Waals surface area contributed by atoms with Crippen molar-refractivity contribution in [3.63, 3.8) is 0 Å². The molecule has 4 N–H and O–H groups in total. The van der Waals surface area contributed by atoms with Gasteiger partial charge in [0.1, 0.15) is 0 Å². The normalized spacial score (nSPS) is 16.4. The number of hydrogen-bond donors (Lipinski definition) is 2. The summed E-state index contributed by atoms with van der Waals surface area (Å²) in [6.45, 7) is 4.53. The standard InChI is InChI=1S/C15H22F3N5/c16-15(17,18)12-3-1-4-13(11-12)23-9-7-22(8-10-23)6-2-5-21-14(19)20/h1,3-4,11H,2,5-10H2,(H4,19,20,21). The van der Waals surface area contributed by atoms with Crippen LogP contribution < -0.4 is 16.4 Å². The van der Waals surface area contributed by atoms with Crippen molar-refractivity contribution in [1.82, 2.24) is 4.90 Å². The molecule has 0 aliphatic carbocycles. The topological polar surface area (TPSA) is 70.9 Å². The SMILES string of the molecule is NC(N)=NCCCN1CCN(c2cccc(C(F)(F)F)c2)CC1. The van der Waals surface area contributed by atoms with Crippen molar-refractivity contribution in [2.75, 3.05) is 44.2 Å². The number of guanidine groups is 1. The summed E-state index contributed by atoms with van der Waals surface area (Å²) in [5.74, 6) is 0.0966. The molecule has 0 amide bonds. The first kappa shape index (κ1) is 17.4. The van der Waals surface area contributed by atoms with E-state index in [1.165, 1.54) is 12.1 Å². The van der Waals surface area contributed by atoms with Gasteiger partial charge in [-0.3, -0.25) is 9.89 Å². The van der Waals surface area contributed by atoms with Gasteiger partial charge in [-0.15, -0.1) is 0 Å². The molecule has 23 heavy (non-hydrogen) atoms. The lowest BCUT2D eigenvalue weighted by Gasteiger charge is -2.36. The Kier molecular flexibility index (Phi) is 5.70. The van der Waals surface area contributed by atoms with Crippen LogP contribution in [0.25, 0.3) is 0 Å². The molecule has 1 aliphatic heterocycles. The van der Waals surface area contributed by atoms with Crippen LogP contribution in [0, 0.1) is 0 Å². The van der Waals surface area contributed by atoms with Crippen LogP contribution in [0.1, 0.15) is 12.0 Å². The largest absolute Gasteiger partial charge is 0.416 e. The zero-order valence-electron chi connectivity index (χ0n) is 12.9. The Morgan fingerprint density at radius 1 is 1.13 bits per heavy atom. The van der Waals surface area contributed by atoms with E-state index >= 15 is 0 Å². The van der Waals surface area contributed by atoms with Gasteiger partial charge in [0.05, 0.1) is 5.56 Å². The van der Waals surface area contributed by atoms with Gasteiger partial charge in [-0.25, -0.2) is 0 Å². The maximum Gasteiger partial charge on any atom is 0.416 e. The van der Waals surface area contributed by atoms with Gasteiger partial charge in [-0.05, 0) is 24.6 Å². The highest BCUT2D eigenvalue weighted by atomic mass is 19.4. The first-order chi connectivity index (χ1) is 10.9. The highest BCUT2D eigenvalue weighted by molar-refractivity contribution is 5.75. The summed E-state index contributed by atoms with van der Waals surface area (Å²) in [6, 6.07) is 5.50. The third kappa shape index (κ3) is 5.31. The van der Waals surface area contributed by atoms with Crippen LogP contribution in [0.4, 0.5) is 18.9 Å². The van der Waals surface area contributed by atoms with E-state index in [2.05, 4.69) is 9.89 Å². The molecule has 1 fully saturated rings. The van der Waals surface area contributed by atoms with E-state index in [1.807, 2.05) is 4.90 Å². The number of benzene rings is 1. The fraction of sp³-hybridized carbons (Fsp3) is 0.533. The van der Waals surface area contributed by atoms with E-state index in [1.54, 1.807) is 6.07 Å². The minimum atomic E-state index is -4.30. The van der Waals surface area contributed by atoms with Gasteiger partial charge in [-0.2, -0.15) is 13.2 Å². The molecule has 0 radical (unpaired) electrons. The Morgan fingerprint density at radius 2 is 1.83 bits per heavy atom. The number of nitrogens with zero attached hydrogens (tertiary/aromatic N) is 3. The molecular weight excluding hydrogens is 307 g/mol. The molecule has 2 rings (SSSR count). The second-order valence-corrected chi connectivity index (χ2v) is 5.54. The monoisotopic (exact) mass is 329 g/mol. The van der Waals surface area contributed by atoms with E-state index in [0.717, 1.165) is 32.1 Å². The molecule has 1 aromatic carbocycles. The second kappa shape index (κ2) is 7.54. The van der Waals surface area contributed by atoms with E-state index in [4.69, 9.17) is 11.5 Å². The number of piperazine rings is 1.